The molecule has 1 atom stereocenters. The molecule has 0 aliphatic heterocycles. The van der Waals surface area contributed by atoms with Gasteiger partial charge in [-0.1, -0.05) is 98.8 Å². The number of allylic oxidation sites excluding steroid dienone is 1. The predicted molar refractivity (Wildman–Crippen MR) is 143 cm³/mol. The molecular weight excluding hydrogens is 432 g/mol. The van der Waals surface area contributed by atoms with Gasteiger partial charge in [0.25, 0.3) is 0 Å². The summed E-state index contributed by atoms with van der Waals surface area (Å²) in [6, 6.07) is 28.4. The smallest absolute Gasteiger partial charge is 0.323 e. The summed E-state index contributed by atoms with van der Waals surface area (Å²) < 4.78 is 5.37. The molecular formula is C31H34N2O2. The van der Waals surface area contributed by atoms with Crippen molar-refractivity contribution >= 4 is 16.9 Å². The molecule has 1 heterocycles. The van der Waals surface area contributed by atoms with Crippen LogP contribution in [-0.4, -0.2) is 29.0 Å². The van der Waals surface area contributed by atoms with E-state index >= 15 is 0 Å². The number of fused-ring (bicyclic) bond motifs is 1. The fourth-order valence-electron chi connectivity index (χ4n) is 4.67. The molecule has 0 aliphatic rings. The molecule has 35 heavy (non-hydrogen) atoms. The molecule has 4 nitrogen and oxygen atoms in total. The van der Waals surface area contributed by atoms with E-state index < -0.39 is 6.04 Å². The first-order valence-electron chi connectivity index (χ1n) is 12.1. The molecule has 4 aromatic rings. The van der Waals surface area contributed by atoms with Crippen molar-refractivity contribution in [1.29, 1.82) is 0 Å². The Morgan fingerprint density at radius 3 is 2.03 bits per heavy atom. The number of aromatic amines is 1. The number of methoxy groups -OCH3 is 1. The summed E-state index contributed by atoms with van der Waals surface area (Å²) in [5.41, 5.74) is 5.31. The number of hydrogen-bond acceptors (Lipinski definition) is 3. The number of carbonyl (C=O) groups excluding carboxylic acids is 1. The third-order valence-electron chi connectivity index (χ3n) is 6.74. The third kappa shape index (κ3) is 5.55. The Bertz CT molecular complexity index is 1230. The summed E-state index contributed by atoms with van der Waals surface area (Å²) in [6.07, 6.45) is 2.49. The second-order valence-electron chi connectivity index (χ2n) is 9.57. The lowest BCUT2D eigenvalue weighted by Crippen LogP contribution is -2.43. The zero-order valence-electron chi connectivity index (χ0n) is 20.8. The van der Waals surface area contributed by atoms with Gasteiger partial charge < -0.3 is 9.72 Å². The van der Waals surface area contributed by atoms with Gasteiger partial charge in [-0.15, -0.1) is 6.58 Å². The maximum atomic E-state index is 13.3. The molecule has 0 amide bonds. The molecule has 3 aromatic carbocycles. The minimum Gasteiger partial charge on any atom is -0.468 e. The Balaban J connectivity index is 1.79. The third-order valence-corrected chi connectivity index (χ3v) is 6.74. The van der Waals surface area contributed by atoms with Crippen molar-refractivity contribution in [2.24, 2.45) is 0 Å². The van der Waals surface area contributed by atoms with Crippen molar-refractivity contribution in [2.75, 3.05) is 7.11 Å². The van der Waals surface area contributed by atoms with Crippen LogP contribution in [0.15, 0.2) is 97.6 Å². The van der Waals surface area contributed by atoms with Gasteiger partial charge in [-0.3, -0.25) is 9.69 Å². The van der Waals surface area contributed by atoms with Gasteiger partial charge >= 0.3 is 5.97 Å². The Morgan fingerprint density at radius 1 is 0.943 bits per heavy atom. The number of nitrogens with one attached hydrogen (secondary N) is 1. The van der Waals surface area contributed by atoms with E-state index in [1.54, 1.807) is 0 Å². The largest absolute Gasteiger partial charge is 0.468 e. The highest BCUT2D eigenvalue weighted by Gasteiger charge is 2.32. The molecule has 4 heteroatoms. The topological polar surface area (TPSA) is 45.3 Å². The highest BCUT2D eigenvalue weighted by Crippen LogP contribution is 2.34. The van der Waals surface area contributed by atoms with E-state index in [1.165, 1.54) is 7.11 Å². The van der Waals surface area contributed by atoms with Gasteiger partial charge in [0.2, 0.25) is 0 Å². The number of hydrogen-bond donors (Lipinski definition) is 1. The number of esters is 1. The van der Waals surface area contributed by atoms with Crippen molar-refractivity contribution in [3.05, 3.63) is 120 Å². The summed E-state index contributed by atoms with van der Waals surface area (Å²) in [6.45, 7) is 9.64. The number of ether oxygens (including phenoxy) is 1. The van der Waals surface area contributed by atoms with E-state index in [4.69, 9.17) is 4.74 Å². The number of carbonyl (C=O) groups is 1. The normalized spacial score (nSPS) is 12.6. The molecule has 1 aromatic heterocycles. The predicted octanol–water partition coefficient (Wildman–Crippen LogP) is 6.42. The standard InChI is InChI=1S/C31H34N2O2/c1-5-31(2,3)29-26(25-18-12-13-19-27(25)32-29)20-28(30(34)35-4)33(21-23-14-8-6-9-15-23)22-24-16-10-7-11-17-24/h5-19,28,32H,1,20-22H2,2-4H3/t28-/m0/s1. The average molecular weight is 467 g/mol. The second kappa shape index (κ2) is 10.7. The monoisotopic (exact) mass is 466 g/mol. The van der Waals surface area contributed by atoms with Crippen LogP contribution in [0.1, 0.15) is 36.2 Å². The molecule has 0 spiro atoms. The van der Waals surface area contributed by atoms with Crippen molar-refractivity contribution in [1.82, 2.24) is 9.88 Å². The van der Waals surface area contributed by atoms with E-state index in [1.807, 2.05) is 54.6 Å². The average Bonchev–Trinajstić information content (AvgIpc) is 3.27. The molecule has 0 radical (unpaired) electrons. The summed E-state index contributed by atoms with van der Waals surface area (Å²) in [5, 5.41) is 1.13. The lowest BCUT2D eigenvalue weighted by atomic mass is 9.84. The Labute approximate surface area is 208 Å². The van der Waals surface area contributed by atoms with E-state index in [0.29, 0.717) is 19.5 Å². The number of aromatic nitrogens is 1. The number of benzene rings is 3. The maximum Gasteiger partial charge on any atom is 0.323 e. The zero-order valence-corrected chi connectivity index (χ0v) is 20.8. The van der Waals surface area contributed by atoms with E-state index in [2.05, 4.69) is 66.7 Å². The van der Waals surface area contributed by atoms with Gasteiger partial charge in [-0.05, 0) is 22.8 Å². The fraction of sp³-hybridized carbons (Fsp3) is 0.258. The lowest BCUT2D eigenvalue weighted by molar-refractivity contribution is -0.147. The Hall–Kier alpha value is -3.63. The molecule has 0 fully saturated rings. The quantitative estimate of drug-likeness (QED) is 0.217. The molecule has 0 bridgehead atoms. The fourth-order valence-corrected chi connectivity index (χ4v) is 4.67. The van der Waals surface area contributed by atoms with Gasteiger partial charge in [-0.25, -0.2) is 0 Å². The minimum absolute atomic E-state index is 0.232. The van der Waals surface area contributed by atoms with Gasteiger partial charge in [0, 0.05) is 41.5 Å². The number of para-hydroxylation sites is 1. The Kier molecular flexibility index (Phi) is 7.52. The van der Waals surface area contributed by atoms with Crippen molar-refractivity contribution in [3.63, 3.8) is 0 Å². The van der Waals surface area contributed by atoms with Gasteiger partial charge in [-0.2, -0.15) is 0 Å². The summed E-state index contributed by atoms with van der Waals surface area (Å²) in [7, 11) is 1.47. The Morgan fingerprint density at radius 2 is 1.49 bits per heavy atom. The molecule has 0 unspecified atom stereocenters. The SMILES string of the molecule is C=CC(C)(C)c1[nH]c2ccccc2c1C[C@@H](C(=O)OC)N(Cc1ccccc1)Cc1ccccc1. The molecule has 0 aliphatic carbocycles. The van der Waals surface area contributed by atoms with Crippen LogP contribution in [0.2, 0.25) is 0 Å². The van der Waals surface area contributed by atoms with Gasteiger partial charge in [0.15, 0.2) is 0 Å². The first-order valence-corrected chi connectivity index (χ1v) is 12.1. The molecule has 0 saturated heterocycles. The van der Waals surface area contributed by atoms with Crippen molar-refractivity contribution < 1.29 is 9.53 Å². The first-order chi connectivity index (χ1) is 16.9. The number of H-pyrrole nitrogens is 1. The summed E-state index contributed by atoms with van der Waals surface area (Å²) in [5.74, 6) is -0.232. The van der Waals surface area contributed by atoms with Gasteiger partial charge in [0.1, 0.15) is 6.04 Å². The van der Waals surface area contributed by atoms with Crippen LogP contribution in [0.25, 0.3) is 10.9 Å². The van der Waals surface area contributed by atoms with Gasteiger partial charge in [0.05, 0.1) is 7.11 Å². The summed E-state index contributed by atoms with van der Waals surface area (Å²) >= 11 is 0. The number of nitrogens with zero attached hydrogens (tertiary/aromatic N) is 1. The molecule has 180 valence electrons. The van der Waals surface area contributed by atoms with E-state index in [0.717, 1.165) is 33.3 Å². The number of rotatable bonds is 10. The second-order valence-corrected chi connectivity index (χ2v) is 9.57. The highest BCUT2D eigenvalue weighted by molar-refractivity contribution is 5.86. The highest BCUT2D eigenvalue weighted by atomic mass is 16.5. The molecule has 1 N–H and O–H groups in total. The molecule has 0 saturated carbocycles. The van der Waals surface area contributed by atoms with Crippen LogP contribution in [0.4, 0.5) is 0 Å². The van der Waals surface area contributed by atoms with Crippen molar-refractivity contribution in [2.45, 2.75) is 44.8 Å². The first kappa shape index (κ1) is 24.5. The van der Waals surface area contributed by atoms with E-state index in [-0.39, 0.29) is 11.4 Å². The van der Waals surface area contributed by atoms with E-state index in [9.17, 15) is 4.79 Å². The van der Waals surface area contributed by atoms with Crippen LogP contribution in [0.5, 0.6) is 0 Å². The lowest BCUT2D eigenvalue weighted by Gasteiger charge is -2.31. The van der Waals surface area contributed by atoms with Crippen LogP contribution >= 0.6 is 0 Å². The van der Waals surface area contributed by atoms with Crippen LogP contribution in [0, 0.1) is 0 Å². The van der Waals surface area contributed by atoms with Crippen molar-refractivity contribution in [3.8, 4) is 0 Å². The zero-order chi connectivity index (χ0) is 24.8. The molecule has 4 rings (SSSR count). The maximum absolute atomic E-state index is 13.3. The van der Waals surface area contributed by atoms with Crippen LogP contribution < -0.4 is 0 Å². The summed E-state index contributed by atoms with van der Waals surface area (Å²) in [4.78, 5) is 19.2. The minimum atomic E-state index is -0.459. The van der Waals surface area contributed by atoms with Crippen LogP contribution in [0.3, 0.4) is 0 Å². The van der Waals surface area contributed by atoms with Crippen LogP contribution in [-0.2, 0) is 34.5 Å².